The molecule has 5 heteroatoms. The van der Waals surface area contributed by atoms with Crippen molar-refractivity contribution in [2.75, 3.05) is 19.8 Å². The molecule has 0 heterocycles. The van der Waals surface area contributed by atoms with Gasteiger partial charge in [0.15, 0.2) is 0 Å². The number of hydrogen-bond acceptors (Lipinski definition) is 3. The third-order valence-electron chi connectivity index (χ3n) is 3.50. The summed E-state index contributed by atoms with van der Waals surface area (Å²) in [6, 6.07) is 10.6. The highest BCUT2D eigenvalue weighted by Gasteiger charge is 2.09. The van der Waals surface area contributed by atoms with Gasteiger partial charge in [-0.15, -0.1) is 0 Å². The highest BCUT2D eigenvalue weighted by atomic mass is 19.1. The Bertz CT molecular complexity index is 807. The van der Waals surface area contributed by atoms with Gasteiger partial charge in [0, 0.05) is 17.7 Å². The number of benzene rings is 2. The van der Waals surface area contributed by atoms with Gasteiger partial charge in [-0.3, -0.25) is 0 Å². The molecule has 0 saturated heterocycles. The van der Waals surface area contributed by atoms with Crippen molar-refractivity contribution in [2.24, 2.45) is 0 Å². The molecule has 0 atom stereocenters. The minimum Gasteiger partial charge on any atom is -0.491 e. The molecule has 0 spiro atoms. The molecule has 0 aliphatic carbocycles. The number of unbranched alkanes of at least 4 members (excludes halogenated alkanes) is 1. The summed E-state index contributed by atoms with van der Waals surface area (Å²) in [5, 5.41) is 8.65. The molecule has 26 heavy (non-hydrogen) atoms. The number of hydrogen-bond donors (Lipinski definition) is 0. The number of nitriles is 1. The third kappa shape index (κ3) is 5.88. The van der Waals surface area contributed by atoms with Crippen molar-refractivity contribution in [3.05, 3.63) is 64.7 Å². The Labute approximate surface area is 152 Å². The van der Waals surface area contributed by atoms with E-state index in [2.05, 4.69) is 18.8 Å². The van der Waals surface area contributed by atoms with Crippen molar-refractivity contribution >= 4 is 0 Å². The summed E-state index contributed by atoms with van der Waals surface area (Å²) < 4.78 is 38.1. The molecule has 0 N–H and O–H groups in total. The second-order valence-corrected chi connectivity index (χ2v) is 5.52. The first kappa shape index (κ1) is 19.4. The summed E-state index contributed by atoms with van der Waals surface area (Å²) in [6.45, 7) is 3.86. The quantitative estimate of drug-likeness (QED) is 0.545. The Morgan fingerprint density at radius 2 is 1.58 bits per heavy atom. The van der Waals surface area contributed by atoms with Crippen LogP contribution in [0.25, 0.3) is 0 Å². The number of halogens is 2. The van der Waals surface area contributed by atoms with Crippen LogP contribution in [0.2, 0.25) is 0 Å². The van der Waals surface area contributed by atoms with E-state index in [1.807, 2.05) is 0 Å². The maximum absolute atomic E-state index is 13.5. The van der Waals surface area contributed by atoms with Gasteiger partial charge in [-0.1, -0.05) is 25.2 Å². The van der Waals surface area contributed by atoms with Crippen molar-refractivity contribution < 1.29 is 18.3 Å². The topological polar surface area (TPSA) is 42.2 Å². The lowest BCUT2D eigenvalue weighted by molar-refractivity contribution is 0.0980. The largest absolute Gasteiger partial charge is 0.491 e. The average molecular weight is 355 g/mol. The van der Waals surface area contributed by atoms with Crippen molar-refractivity contribution in [3.8, 4) is 23.7 Å². The second kappa shape index (κ2) is 10.2. The van der Waals surface area contributed by atoms with E-state index in [0.717, 1.165) is 31.6 Å². The molecular formula is C21H19F2NO2. The van der Waals surface area contributed by atoms with Crippen molar-refractivity contribution in [1.82, 2.24) is 0 Å². The van der Waals surface area contributed by atoms with E-state index in [-0.39, 0.29) is 5.56 Å². The first-order valence-electron chi connectivity index (χ1n) is 8.35. The maximum atomic E-state index is 13.5. The molecule has 2 rings (SSSR count). The lowest BCUT2D eigenvalue weighted by Crippen LogP contribution is -2.07. The van der Waals surface area contributed by atoms with E-state index in [1.165, 1.54) is 6.07 Å². The standard InChI is InChI=1S/C21H19F2NO2/c1-2-3-10-25-11-12-26-18-8-6-16(7-9-18)4-5-17-13-20(22)19(15-24)21(23)14-17/h6-9,13-14H,2-3,10-12H2,1H3. The number of nitrogens with zero attached hydrogens (tertiary/aromatic N) is 1. The fraction of sp³-hybridized carbons (Fsp3) is 0.286. The Morgan fingerprint density at radius 1 is 0.923 bits per heavy atom. The molecule has 0 aliphatic rings. The molecule has 0 amide bonds. The molecule has 0 fully saturated rings. The van der Waals surface area contributed by atoms with E-state index in [0.29, 0.717) is 24.5 Å². The molecule has 0 saturated carbocycles. The van der Waals surface area contributed by atoms with Crippen LogP contribution in [0.4, 0.5) is 8.78 Å². The van der Waals surface area contributed by atoms with Gasteiger partial charge < -0.3 is 9.47 Å². The lowest BCUT2D eigenvalue weighted by atomic mass is 10.1. The molecule has 2 aromatic carbocycles. The van der Waals surface area contributed by atoms with E-state index in [1.54, 1.807) is 24.3 Å². The summed E-state index contributed by atoms with van der Waals surface area (Å²) in [4.78, 5) is 0. The van der Waals surface area contributed by atoms with E-state index in [9.17, 15) is 8.78 Å². The van der Waals surface area contributed by atoms with Gasteiger partial charge in [-0.05, 0) is 42.8 Å². The van der Waals surface area contributed by atoms with E-state index < -0.39 is 17.2 Å². The van der Waals surface area contributed by atoms with Gasteiger partial charge >= 0.3 is 0 Å². The van der Waals surface area contributed by atoms with Crippen LogP contribution in [0.15, 0.2) is 36.4 Å². The summed E-state index contributed by atoms with van der Waals surface area (Å²) in [7, 11) is 0. The smallest absolute Gasteiger partial charge is 0.145 e. The predicted octanol–water partition coefficient (Wildman–Crippen LogP) is 4.43. The number of rotatable bonds is 7. The molecular weight excluding hydrogens is 336 g/mol. The van der Waals surface area contributed by atoms with E-state index >= 15 is 0 Å². The summed E-state index contributed by atoms with van der Waals surface area (Å²) in [5.41, 5.74) is 0.251. The van der Waals surface area contributed by atoms with Gasteiger partial charge in [0.25, 0.3) is 0 Å². The normalized spacial score (nSPS) is 9.92. The molecule has 134 valence electrons. The molecule has 0 unspecified atom stereocenters. The van der Waals surface area contributed by atoms with Crippen molar-refractivity contribution in [1.29, 1.82) is 5.26 Å². The highest BCUT2D eigenvalue weighted by molar-refractivity contribution is 5.47. The molecule has 0 aliphatic heterocycles. The summed E-state index contributed by atoms with van der Waals surface area (Å²) in [5.74, 6) is 4.38. The second-order valence-electron chi connectivity index (χ2n) is 5.52. The third-order valence-corrected chi connectivity index (χ3v) is 3.50. The first-order chi connectivity index (χ1) is 12.6. The first-order valence-corrected chi connectivity index (χ1v) is 8.35. The van der Waals surface area contributed by atoms with Crippen LogP contribution in [-0.2, 0) is 4.74 Å². The van der Waals surface area contributed by atoms with Gasteiger partial charge in [0.2, 0.25) is 0 Å². The predicted molar refractivity (Wildman–Crippen MR) is 94.7 cm³/mol. The summed E-state index contributed by atoms with van der Waals surface area (Å²) >= 11 is 0. The SMILES string of the molecule is CCCCOCCOc1ccc(C#Cc2cc(F)c(C#N)c(F)c2)cc1. The van der Waals surface area contributed by atoms with Crippen LogP contribution in [0.1, 0.15) is 36.5 Å². The van der Waals surface area contributed by atoms with Crippen LogP contribution in [-0.4, -0.2) is 19.8 Å². The molecule has 2 aromatic rings. The minimum atomic E-state index is -0.915. The zero-order valence-corrected chi connectivity index (χ0v) is 14.5. The molecule has 0 aromatic heterocycles. The Balaban J connectivity index is 1.92. The van der Waals surface area contributed by atoms with Gasteiger partial charge in [0.05, 0.1) is 6.61 Å². The van der Waals surface area contributed by atoms with Gasteiger partial charge in [-0.2, -0.15) is 5.26 Å². The van der Waals surface area contributed by atoms with Gasteiger partial charge in [0.1, 0.15) is 35.6 Å². The zero-order valence-electron chi connectivity index (χ0n) is 14.5. The van der Waals surface area contributed by atoms with E-state index in [4.69, 9.17) is 14.7 Å². The lowest BCUT2D eigenvalue weighted by Gasteiger charge is -2.06. The fourth-order valence-electron chi connectivity index (χ4n) is 2.10. The highest BCUT2D eigenvalue weighted by Crippen LogP contribution is 2.15. The van der Waals surface area contributed by atoms with Crippen molar-refractivity contribution in [3.63, 3.8) is 0 Å². The Morgan fingerprint density at radius 3 is 2.19 bits per heavy atom. The van der Waals surface area contributed by atoms with Crippen LogP contribution in [0.5, 0.6) is 5.75 Å². The number of ether oxygens (including phenoxy) is 2. The maximum Gasteiger partial charge on any atom is 0.145 e. The Kier molecular flexibility index (Phi) is 7.61. The van der Waals surface area contributed by atoms with Crippen LogP contribution >= 0.6 is 0 Å². The average Bonchev–Trinajstić information content (AvgIpc) is 2.63. The zero-order chi connectivity index (χ0) is 18.8. The van der Waals surface area contributed by atoms with Gasteiger partial charge in [-0.25, -0.2) is 8.78 Å². The summed E-state index contributed by atoms with van der Waals surface area (Å²) in [6.07, 6.45) is 2.14. The molecule has 0 radical (unpaired) electrons. The monoisotopic (exact) mass is 355 g/mol. The fourth-order valence-corrected chi connectivity index (χ4v) is 2.10. The Hall–Kier alpha value is -2.89. The molecule has 3 nitrogen and oxygen atoms in total. The van der Waals surface area contributed by atoms with Crippen LogP contribution in [0.3, 0.4) is 0 Å². The van der Waals surface area contributed by atoms with Crippen LogP contribution in [0, 0.1) is 34.8 Å². The van der Waals surface area contributed by atoms with Crippen LogP contribution < -0.4 is 4.74 Å². The van der Waals surface area contributed by atoms with Crippen molar-refractivity contribution in [2.45, 2.75) is 19.8 Å². The minimum absolute atomic E-state index is 0.170. The molecule has 0 bridgehead atoms.